The van der Waals surface area contributed by atoms with Gasteiger partial charge in [-0.15, -0.1) is 0 Å². The summed E-state index contributed by atoms with van der Waals surface area (Å²) in [6.07, 6.45) is 9.44. The van der Waals surface area contributed by atoms with Gasteiger partial charge in [0, 0.05) is 43.8 Å². The Morgan fingerprint density at radius 2 is 1.79 bits per heavy atom. The van der Waals surface area contributed by atoms with Crippen LogP contribution in [-0.2, 0) is 4.79 Å². The van der Waals surface area contributed by atoms with Crippen molar-refractivity contribution in [3.63, 3.8) is 0 Å². The summed E-state index contributed by atoms with van der Waals surface area (Å²) in [6, 6.07) is 3.98. The van der Waals surface area contributed by atoms with Crippen molar-refractivity contribution >= 4 is 5.91 Å². The van der Waals surface area contributed by atoms with Crippen molar-refractivity contribution in [1.82, 2.24) is 19.4 Å². The molecule has 128 valence electrons. The molecular formula is C19H26N4O. The van der Waals surface area contributed by atoms with Crippen LogP contribution in [0.5, 0.6) is 0 Å². The van der Waals surface area contributed by atoms with Gasteiger partial charge in [-0.25, -0.2) is 4.98 Å². The Hall–Kier alpha value is -2.17. The zero-order chi connectivity index (χ0) is 17.1. The van der Waals surface area contributed by atoms with Crippen LogP contribution in [0.25, 0.3) is 0 Å². The van der Waals surface area contributed by atoms with Gasteiger partial charge < -0.3 is 9.47 Å². The largest absolute Gasteiger partial charge is 0.341 e. The molecule has 1 aliphatic rings. The first-order chi connectivity index (χ1) is 11.6. The van der Waals surface area contributed by atoms with Gasteiger partial charge in [0.15, 0.2) is 0 Å². The molecule has 0 aromatic carbocycles. The maximum atomic E-state index is 12.9. The number of hydrogen-bond acceptors (Lipinski definition) is 3. The fourth-order valence-corrected chi connectivity index (χ4v) is 3.55. The lowest BCUT2D eigenvalue weighted by Gasteiger charge is -2.34. The van der Waals surface area contributed by atoms with E-state index in [1.807, 2.05) is 35.0 Å². The Morgan fingerprint density at radius 3 is 2.42 bits per heavy atom. The molecule has 2 aromatic heterocycles. The maximum absolute atomic E-state index is 12.9. The fraction of sp³-hybridized carbons (Fsp3) is 0.526. The summed E-state index contributed by atoms with van der Waals surface area (Å²) in [5.74, 6) is 2.02. The number of piperidine rings is 1. The minimum Gasteiger partial charge on any atom is -0.341 e. The lowest BCUT2D eigenvalue weighted by atomic mass is 9.90. The molecule has 1 saturated heterocycles. The van der Waals surface area contributed by atoms with Gasteiger partial charge in [0.2, 0.25) is 5.91 Å². The highest BCUT2D eigenvalue weighted by Crippen LogP contribution is 2.29. The topological polar surface area (TPSA) is 51.0 Å². The molecule has 1 unspecified atom stereocenters. The van der Waals surface area contributed by atoms with Crippen molar-refractivity contribution in [2.24, 2.45) is 0 Å². The third-order valence-corrected chi connectivity index (χ3v) is 4.97. The zero-order valence-corrected chi connectivity index (χ0v) is 14.7. The van der Waals surface area contributed by atoms with Gasteiger partial charge in [-0.2, -0.15) is 0 Å². The summed E-state index contributed by atoms with van der Waals surface area (Å²) in [5.41, 5.74) is 1.34. The van der Waals surface area contributed by atoms with Gasteiger partial charge in [0.05, 0.1) is 0 Å². The Balaban J connectivity index is 1.63. The third-order valence-electron chi connectivity index (χ3n) is 4.97. The number of likely N-dealkylation sites (tertiary alicyclic amines) is 1. The molecule has 0 bridgehead atoms. The van der Waals surface area contributed by atoms with Crippen molar-refractivity contribution in [3.8, 4) is 0 Å². The second-order valence-electron chi connectivity index (χ2n) is 6.90. The fourth-order valence-electron chi connectivity index (χ4n) is 3.55. The second kappa shape index (κ2) is 7.16. The van der Waals surface area contributed by atoms with Crippen LogP contribution in [-0.4, -0.2) is 38.4 Å². The molecule has 3 heterocycles. The van der Waals surface area contributed by atoms with Crippen LogP contribution in [0, 0.1) is 0 Å². The molecule has 24 heavy (non-hydrogen) atoms. The predicted molar refractivity (Wildman–Crippen MR) is 93.8 cm³/mol. The summed E-state index contributed by atoms with van der Waals surface area (Å²) in [4.78, 5) is 23.4. The smallest absolute Gasteiger partial charge is 0.245 e. The van der Waals surface area contributed by atoms with E-state index in [9.17, 15) is 4.79 Å². The van der Waals surface area contributed by atoms with Crippen LogP contribution in [0.1, 0.15) is 62.9 Å². The number of carbonyl (C=O) groups excluding carboxylic acids is 1. The highest BCUT2D eigenvalue weighted by molar-refractivity contribution is 5.80. The van der Waals surface area contributed by atoms with Crippen molar-refractivity contribution in [2.75, 3.05) is 13.1 Å². The first kappa shape index (κ1) is 16.7. The molecule has 2 aromatic rings. The monoisotopic (exact) mass is 326 g/mol. The summed E-state index contributed by atoms with van der Waals surface area (Å²) < 4.78 is 2.02. The molecule has 0 radical (unpaired) electrons. The lowest BCUT2D eigenvalue weighted by Crippen LogP contribution is -2.41. The standard InChI is InChI=1S/C19H26N4O/c1-14(2)18-21-10-13-23(18)15(3)19(24)22-11-6-17(7-12-22)16-4-8-20-9-5-16/h4-5,8-10,13-15,17H,6-7,11-12H2,1-3H3. The number of aromatic nitrogens is 3. The lowest BCUT2D eigenvalue weighted by molar-refractivity contribution is -0.135. The van der Waals surface area contributed by atoms with Gasteiger partial charge in [0.25, 0.3) is 0 Å². The van der Waals surface area contributed by atoms with Crippen LogP contribution in [0.4, 0.5) is 0 Å². The number of rotatable bonds is 4. The van der Waals surface area contributed by atoms with E-state index in [2.05, 4.69) is 35.9 Å². The molecule has 0 N–H and O–H groups in total. The number of pyridine rings is 1. The number of carbonyl (C=O) groups is 1. The molecule has 5 heteroatoms. The van der Waals surface area contributed by atoms with E-state index < -0.39 is 0 Å². The Kier molecular flexibility index (Phi) is 4.97. The molecule has 1 amide bonds. The number of amides is 1. The van der Waals surface area contributed by atoms with Crippen LogP contribution < -0.4 is 0 Å². The first-order valence-corrected chi connectivity index (χ1v) is 8.79. The van der Waals surface area contributed by atoms with E-state index >= 15 is 0 Å². The number of nitrogens with zero attached hydrogens (tertiary/aromatic N) is 4. The Bertz CT molecular complexity index is 672. The minimum atomic E-state index is -0.192. The predicted octanol–water partition coefficient (Wildman–Crippen LogP) is 3.37. The molecule has 1 atom stereocenters. The molecule has 3 rings (SSSR count). The molecule has 5 nitrogen and oxygen atoms in total. The van der Waals surface area contributed by atoms with Gasteiger partial charge in [-0.3, -0.25) is 9.78 Å². The van der Waals surface area contributed by atoms with Crippen LogP contribution in [0.3, 0.4) is 0 Å². The second-order valence-corrected chi connectivity index (χ2v) is 6.90. The Morgan fingerprint density at radius 1 is 1.12 bits per heavy atom. The first-order valence-electron chi connectivity index (χ1n) is 8.79. The molecule has 0 aliphatic carbocycles. The van der Waals surface area contributed by atoms with E-state index in [0.29, 0.717) is 11.8 Å². The van der Waals surface area contributed by atoms with Crippen molar-refractivity contribution in [3.05, 3.63) is 48.3 Å². The molecule has 0 saturated carbocycles. The van der Waals surface area contributed by atoms with Crippen LogP contribution >= 0.6 is 0 Å². The van der Waals surface area contributed by atoms with Crippen molar-refractivity contribution < 1.29 is 4.79 Å². The molecule has 1 fully saturated rings. The highest BCUT2D eigenvalue weighted by atomic mass is 16.2. The highest BCUT2D eigenvalue weighted by Gasteiger charge is 2.28. The molecular weight excluding hydrogens is 300 g/mol. The number of hydrogen-bond donors (Lipinski definition) is 0. The normalized spacial score (nSPS) is 17.2. The zero-order valence-electron chi connectivity index (χ0n) is 14.7. The van der Waals surface area contributed by atoms with Gasteiger partial charge in [-0.05, 0) is 43.4 Å². The maximum Gasteiger partial charge on any atom is 0.245 e. The Labute approximate surface area is 143 Å². The SMILES string of the molecule is CC(C)c1nccn1C(C)C(=O)N1CCC(c2ccncc2)CC1. The van der Waals surface area contributed by atoms with E-state index in [1.54, 1.807) is 6.20 Å². The molecule has 0 spiro atoms. The van der Waals surface area contributed by atoms with Crippen LogP contribution in [0.15, 0.2) is 36.9 Å². The average molecular weight is 326 g/mol. The van der Waals surface area contributed by atoms with Crippen molar-refractivity contribution in [1.29, 1.82) is 0 Å². The van der Waals surface area contributed by atoms with Crippen molar-refractivity contribution in [2.45, 2.75) is 51.5 Å². The number of imidazole rings is 1. The van der Waals surface area contributed by atoms with Gasteiger partial charge in [0.1, 0.15) is 11.9 Å². The van der Waals surface area contributed by atoms with Gasteiger partial charge in [-0.1, -0.05) is 13.8 Å². The summed E-state index contributed by atoms with van der Waals surface area (Å²) in [6.45, 7) is 7.83. The molecule has 1 aliphatic heterocycles. The van der Waals surface area contributed by atoms with Gasteiger partial charge >= 0.3 is 0 Å². The van der Waals surface area contributed by atoms with Crippen LogP contribution in [0.2, 0.25) is 0 Å². The van der Waals surface area contributed by atoms with E-state index in [0.717, 1.165) is 31.8 Å². The summed E-state index contributed by atoms with van der Waals surface area (Å²) in [7, 11) is 0. The summed E-state index contributed by atoms with van der Waals surface area (Å²) >= 11 is 0. The van der Waals surface area contributed by atoms with E-state index in [-0.39, 0.29) is 11.9 Å². The quantitative estimate of drug-likeness (QED) is 0.865. The average Bonchev–Trinajstić information content (AvgIpc) is 3.11. The van der Waals surface area contributed by atoms with E-state index in [1.165, 1.54) is 5.56 Å². The minimum absolute atomic E-state index is 0.192. The summed E-state index contributed by atoms with van der Waals surface area (Å²) in [5, 5.41) is 0. The third kappa shape index (κ3) is 3.35. The van der Waals surface area contributed by atoms with E-state index in [4.69, 9.17) is 0 Å².